The van der Waals surface area contributed by atoms with Gasteiger partial charge in [-0.2, -0.15) is 0 Å². The Bertz CT molecular complexity index is 355. The highest BCUT2D eigenvalue weighted by Crippen LogP contribution is 2.11. The number of alkyl halides is 1. The van der Waals surface area contributed by atoms with Crippen molar-refractivity contribution in [1.82, 2.24) is 0 Å². The van der Waals surface area contributed by atoms with Gasteiger partial charge in [-0.25, -0.2) is 0 Å². The van der Waals surface area contributed by atoms with E-state index in [0.29, 0.717) is 4.43 Å². The normalized spacial score (nSPS) is 15.1. The zero-order valence-corrected chi connectivity index (χ0v) is 10.6. The average Bonchev–Trinajstić information content (AvgIpc) is 2.27. The van der Waals surface area contributed by atoms with Crippen molar-refractivity contribution in [3.05, 3.63) is 42.0 Å². The van der Waals surface area contributed by atoms with Crippen molar-refractivity contribution < 1.29 is 9.90 Å². The second-order valence-corrected chi connectivity index (χ2v) is 4.28. The van der Waals surface area contributed by atoms with Crippen LogP contribution in [-0.4, -0.2) is 20.9 Å². The molecule has 0 spiro atoms. The van der Waals surface area contributed by atoms with Gasteiger partial charge in [-0.15, -0.1) is 0 Å². The van der Waals surface area contributed by atoms with Crippen molar-refractivity contribution in [2.24, 2.45) is 0 Å². The Balaban J connectivity index is 2.71. The minimum absolute atomic E-state index is 0.263. The van der Waals surface area contributed by atoms with Crippen LogP contribution in [0.15, 0.2) is 36.4 Å². The Morgan fingerprint density at radius 2 is 2.07 bits per heavy atom. The minimum Gasteiger partial charge on any atom is -0.381 e. The van der Waals surface area contributed by atoms with E-state index in [2.05, 4.69) is 0 Å². The molecule has 1 aromatic carbocycles. The Kier molecular flexibility index (Phi) is 4.47. The smallest absolute Gasteiger partial charge is 0.187 e. The van der Waals surface area contributed by atoms with Crippen molar-refractivity contribution in [2.75, 3.05) is 4.43 Å². The molecule has 0 aliphatic heterocycles. The van der Waals surface area contributed by atoms with Gasteiger partial charge in [0.05, 0.1) is 0 Å². The number of carbonyl (C=O) groups is 1. The summed E-state index contributed by atoms with van der Waals surface area (Å²) < 4.78 is 0.392. The zero-order valence-electron chi connectivity index (χ0n) is 8.48. The van der Waals surface area contributed by atoms with Gasteiger partial charge in [-0.3, -0.25) is 4.79 Å². The third-order valence-electron chi connectivity index (χ3n) is 2.02. The molecule has 15 heavy (non-hydrogen) atoms. The summed E-state index contributed by atoms with van der Waals surface area (Å²) in [6.45, 7) is 1.52. The monoisotopic (exact) mass is 316 g/mol. The van der Waals surface area contributed by atoms with Gasteiger partial charge in [0.1, 0.15) is 5.60 Å². The quantitative estimate of drug-likeness (QED) is 0.526. The number of hydrogen-bond donors (Lipinski definition) is 1. The molecular formula is C12H13IO2. The molecule has 0 amide bonds. The van der Waals surface area contributed by atoms with Crippen LogP contribution < -0.4 is 0 Å². The van der Waals surface area contributed by atoms with Gasteiger partial charge >= 0.3 is 0 Å². The van der Waals surface area contributed by atoms with Crippen LogP contribution in [0.4, 0.5) is 0 Å². The third kappa shape index (κ3) is 3.76. The van der Waals surface area contributed by atoms with Gasteiger partial charge in [0.25, 0.3) is 0 Å². The van der Waals surface area contributed by atoms with E-state index < -0.39 is 5.60 Å². The summed E-state index contributed by atoms with van der Waals surface area (Å²) in [5, 5.41) is 9.66. The van der Waals surface area contributed by atoms with Gasteiger partial charge in [0.15, 0.2) is 5.78 Å². The largest absolute Gasteiger partial charge is 0.381 e. The van der Waals surface area contributed by atoms with Gasteiger partial charge in [-0.1, -0.05) is 59.0 Å². The van der Waals surface area contributed by atoms with Crippen molar-refractivity contribution in [3.63, 3.8) is 0 Å². The van der Waals surface area contributed by atoms with Crippen LogP contribution >= 0.6 is 22.6 Å². The summed E-state index contributed by atoms with van der Waals surface area (Å²) >= 11 is 2.00. The highest BCUT2D eigenvalue weighted by molar-refractivity contribution is 14.1. The highest BCUT2D eigenvalue weighted by Gasteiger charge is 2.25. The third-order valence-corrected chi connectivity index (χ3v) is 3.50. The van der Waals surface area contributed by atoms with E-state index in [1.807, 2.05) is 52.9 Å². The van der Waals surface area contributed by atoms with Crippen molar-refractivity contribution in [3.8, 4) is 0 Å². The first-order chi connectivity index (χ1) is 7.06. The fourth-order valence-corrected chi connectivity index (χ4v) is 1.36. The van der Waals surface area contributed by atoms with E-state index in [1.165, 1.54) is 13.0 Å². The van der Waals surface area contributed by atoms with Crippen LogP contribution in [0.3, 0.4) is 0 Å². The van der Waals surface area contributed by atoms with Gasteiger partial charge < -0.3 is 5.11 Å². The van der Waals surface area contributed by atoms with E-state index in [0.717, 1.165) is 5.56 Å². The molecular weight excluding hydrogens is 303 g/mol. The maximum Gasteiger partial charge on any atom is 0.187 e. The molecule has 0 fully saturated rings. The maximum absolute atomic E-state index is 11.5. The van der Waals surface area contributed by atoms with Crippen LogP contribution in [0.5, 0.6) is 0 Å². The Morgan fingerprint density at radius 1 is 1.47 bits per heavy atom. The van der Waals surface area contributed by atoms with Crippen LogP contribution in [0.2, 0.25) is 0 Å². The lowest BCUT2D eigenvalue weighted by molar-refractivity contribution is -0.128. The summed E-state index contributed by atoms with van der Waals surface area (Å²) in [6.07, 6.45) is 3.14. The van der Waals surface area contributed by atoms with Crippen molar-refractivity contribution in [1.29, 1.82) is 0 Å². The molecule has 3 heteroatoms. The summed E-state index contributed by atoms with van der Waals surface area (Å²) in [5.41, 5.74) is -0.304. The molecule has 1 unspecified atom stereocenters. The number of aliphatic hydroxyl groups is 1. The number of halogens is 1. The van der Waals surface area contributed by atoms with Crippen LogP contribution in [0.25, 0.3) is 6.08 Å². The predicted molar refractivity (Wildman–Crippen MR) is 70.0 cm³/mol. The SMILES string of the molecule is CC(O)(CI)C(=O)/C=C/c1ccccc1. The molecule has 0 aliphatic rings. The lowest BCUT2D eigenvalue weighted by atomic mass is 10.0. The number of carbonyl (C=O) groups excluding carboxylic acids is 1. The molecule has 0 heterocycles. The Morgan fingerprint density at radius 3 is 2.60 bits per heavy atom. The number of ketones is 1. The van der Waals surface area contributed by atoms with Gasteiger partial charge in [-0.05, 0) is 18.6 Å². The van der Waals surface area contributed by atoms with Gasteiger partial charge in [0, 0.05) is 4.43 Å². The predicted octanol–water partition coefficient (Wildman–Crippen LogP) is 2.45. The molecule has 1 N–H and O–H groups in total. The average molecular weight is 316 g/mol. The van der Waals surface area contributed by atoms with E-state index in [4.69, 9.17) is 0 Å². The second-order valence-electron chi connectivity index (χ2n) is 3.52. The molecule has 2 nitrogen and oxygen atoms in total. The molecule has 80 valence electrons. The highest BCUT2D eigenvalue weighted by atomic mass is 127. The second kappa shape index (κ2) is 5.42. The van der Waals surface area contributed by atoms with Crippen molar-refractivity contribution in [2.45, 2.75) is 12.5 Å². The topological polar surface area (TPSA) is 37.3 Å². The number of rotatable bonds is 4. The number of hydrogen-bond acceptors (Lipinski definition) is 2. The molecule has 1 rings (SSSR count). The Hall–Kier alpha value is -0.680. The standard InChI is InChI=1S/C12H13IO2/c1-12(15,9-13)11(14)8-7-10-5-3-2-4-6-10/h2-8,15H,9H2,1H3/b8-7+. The molecule has 0 saturated heterocycles. The summed E-state index contributed by atoms with van der Waals surface area (Å²) in [4.78, 5) is 11.5. The summed E-state index contributed by atoms with van der Waals surface area (Å²) in [5.74, 6) is -0.263. The molecule has 0 aliphatic carbocycles. The molecule has 0 saturated carbocycles. The first-order valence-corrected chi connectivity index (χ1v) is 6.15. The van der Waals surface area contributed by atoms with E-state index in [-0.39, 0.29) is 5.78 Å². The fourth-order valence-electron chi connectivity index (χ4n) is 0.981. The maximum atomic E-state index is 11.5. The Labute approximate surface area is 103 Å². The fraction of sp³-hybridized carbons (Fsp3) is 0.250. The molecule has 1 atom stereocenters. The lowest BCUT2D eigenvalue weighted by Crippen LogP contribution is -2.35. The van der Waals surface area contributed by atoms with Gasteiger partial charge in [0.2, 0.25) is 0 Å². The molecule has 0 radical (unpaired) electrons. The molecule has 0 aromatic heterocycles. The minimum atomic E-state index is -1.26. The first kappa shape index (κ1) is 12.4. The van der Waals surface area contributed by atoms with Crippen LogP contribution in [0, 0.1) is 0 Å². The first-order valence-electron chi connectivity index (χ1n) is 4.62. The zero-order chi connectivity index (χ0) is 11.3. The van der Waals surface area contributed by atoms with Crippen molar-refractivity contribution >= 4 is 34.5 Å². The van der Waals surface area contributed by atoms with Crippen LogP contribution in [-0.2, 0) is 4.79 Å². The lowest BCUT2D eigenvalue weighted by Gasteiger charge is -2.15. The number of benzene rings is 1. The summed E-state index contributed by atoms with van der Waals surface area (Å²) in [7, 11) is 0. The van der Waals surface area contributed by atoms with E-state index in [9.17, 15) is 9.90 Å². The van der Waals surface area contributed by atoms with E-state index >= 15 is 0 Å². The molecule has 1 aromatic rings. The summed E-state index contributed by atoms with van der Waals surface area (Å²) in [6, 6.07) is 9.53. The van der Waals surface area contributed by atoms with Crippen LogP contribution in [0.1, 0.15) is 12.5 Å². The molecule has 0 bridgehead atoms. The van der Waals surface area contributed by atoms with E-state index in [1.54, 1.807) is 6.08 Å².